The second-order valence-corrected chi connectivity index (χ2v) is 10.4. The highest BCUT2D eigenvalue weighted by Gasteiger charge is 2.18. The van der Waals surface area contributed by atoms with E-state index in [2.05, 4.69) is 0 Å². The average Bonchev–Trinajstić information content (AvgIpc) is 3.58. The maximum atomic E-state index is 9.22. The first kappa shape index (κ1) is 15.5. The van der Waals surface area contributed by atoms with Gasteiger partial charge in [0.2, 0.25) is 0 Å². The van der Waals surface area contributed by atoms with Gasteiger partial charge in [0.1, 0.15) is 11.2 Å². The zero-order chi connectivity index (χ0) is 37.9. The van der Waals surface area contributed by atoms with Crippen molar-refractivity contribution < 1.29 is 19.5 Å². The van der Waals surface area contributed by atoms with E-state index in [-0.39, 0.29) is 69.8 Å². The summed E-state index contributed by atoms with van der Waals surface area (Å²) in [6, 6.07) is 24.8. The van der Waals surface area contributed by atoms with Crippen LogP contribution in [0.4, 0.5) is 0 Å². The van der Waals surface area contributed by atoms with Crippen LogP contribution in [0.5, 0.6) is 0 Å². The fourth-order valence-corrected chi connectivity index (χ4v) is 6.20. The van der Waals surface area contributed by atoms with E-state index >= 15 is 0 Å². The van der Waals surface area contributed by atoms with E-state index < -0.39 is 24.2 Å². The molecule has 0 aliphatic rings. The van der Waals surface area contributed by atoms with Gasteiger partial charge in [0.05, 0.1) is 15.1 Å². The lowest BCUT2D eigenvalue weighted by Gasteiger charge is -2.19. The van der Waals surface area contributed by atoms with Crippen LogP contribution in [0.25, 0.3) is 87.6 Å². The van der Waals surface area contributed by atoms with Crippen molar-refractivity contribution in [3.8, 4) is 33.4 Å². The average molecular weight is 558 g/mol. The molecule has 0 atom stereocenters. The number of rotatable bonds is 3. The summed E-state index contributed by atoms with van der Waals surface area (Å²) in [4.78, 5) is 0. The Morgan fingerprint density at radius 2 is 1.07 bits per heavy atom. The molecule has 1 heterocycles. The van der Waals surface area contributed by atoms with E-state index in [1.54, 1.807) is 42.5 Å². The highest BCUT2D eigenvalue weighted by Crippen LogP contribution is 2.45. The van der Waals surface area contributed by atoms with Crippen LogP contribution in [0, 0.1) is 0 Å². The zero-order valence-electron chi connectivity index (χ0n) is 33.6. The first-order valence-electron chi connectivity index (χ1n) is 19.4. The van der Waals surface area contributed by atoms with Crippen LogP contribution < -0.4 is 0 Å². The van der Waals surface area contributed by atoms with Crippen molar-refractivity contribution in [3.63, 3.8) is 0 Å². The number of hydrogen-bond acceptors (Lipinski definition) is 1. The van der Waals surface area contributed by atoms with Gasteiger partial charge in [0.25, 0.3) is 0 Å². The molecule has 1 aromatic heterocycles. The molecular weight excluding hydrogens is 520 g/mol. The summed E-state index contributed by atoms with van der Waals surface area (Å²) < 4.78 is 101. The van der Waals surface area contributed by atoms with Gasteiger partial charge < -0.3 is 4.42 Å². The summed E-state index contributed by atoms with van der Waals surface area (Å²) in [5, 5.41) is 4.51. The van der Waals surface area contributed by atoms with E-state index in [4.69, 9.17) is 18.1 Å². The fourth-order valence-electron chi connectivity index (χ4n) is 6.20. The Bertz CT molecular complexity index is 3060. The fraction of sp³-hybridized carbons (Fsp3) is 0. The SMILES string of the molecule is [2H]c1cc2c(-c3cccc(-c4c([2H])c([2H])c5c(oc6c([2H])c([2H])c([2H])c([2H])c65)c4[2H])c3)c3cc([2H])c([2H])cc3c(-c3cccc4ccccc34)c2cc1[2H]. The topological polar surface area (TPSA) is 13.1 Å². The summed E-state index contributed by atoms with van der Waals surface area (Å²) in [5.41, 5.74) is 3.02. The summed E-state index contributed by atoms with van der Waals surface area (Å²) in [5.74, 6) is 0. The molecule has 0 bridgehead atoms. The number of benzene rings is 8. The minimum absolute atomic E-state index is 0.00314. The van der Waals surface area contributed by atoms with Crippen molar-refractivity contribution in [1.82, 2.24) is 0 Å². The molecule has 1 nitrogen and oxygen atoms in total. The van der Waals surface area contributed by atoms with Crippen LogP contribution in [0.15, 0.2) is 162 Å². The number of furan rings is 1. The van der Waals surface area contributed by atoms with Crippen molar-refractivity contribution >= 4 is 54.3 Å². The third-order valence-corrected chi connectivity index (χ3v) is 8.07. The molecule has 200 valence electrons. The molecule has 0 amide bonds. The van der Waals surface area contributed by atoms with Crippen molar-refractivity contribution in [2.24, 2.45) is 0 Å². The first-order chi connectivity index (χ1) is 25.9. The first-order valence-corrected chi connectivity index (χ1v) is 13.9. The van der Waals surface area contributed by atoms with Crippen molar-refractivity contribution in [2.45, 2.75) is 0 Å². The zero-order valence-corrected chi connectivity index (χ0v) is 22.6. The van der Waals surface area contributed by atoms with Crippen LogP contribution in [0.3, 0.4) is 0 Å². The quantitative estimate of drug-likeness (QED) is 0.197. The van der Waals surface area contributed by atoms with Gasteiger partial charge >= 0.3 is 0 Å². The second kappa shape index (κ2) is 9.44. The molecule has 0 spiro atoms. The number of hydrogen-bond donors (Lipinski definition) is 0. The summed E-state index contributed by atoms with van der Waals surface area (Å²) >= 11 is 0. The Kier molecular flexibility index (Phi) is 3.41. The minimum atomic E-state index is -0.503. The van der Waals surface area contributed by atoms with Gasteiger partial charge in [-0.3, -0.25) is 0 Å². The third-order valence-electron chi connectivity index (χ3n) is 8.07. The lowest BCUT2D eigenvalue weighted by Crippen LogP contribution is -1.92. The van der Waals surface area contributed by atoms with Crippen LogP contribution >= 0.6 is 0 Å². The lowest BCUT2D eigenvalue weighted by atomic mass is 9.84. The van der Waals surface area contributed by atoms with Gasteiger partial charge in [-0.25, -0.2) is 0 Å². The van der Waals surface area contributed by atoms with E-state index in [9.17, 15) is 1.37 Å². The normalized spacial score (nSPS) is 15.3. The monoisotopic (exact) mass is 557 g/mol. The molecule has 0 saturated heterocycles. The Morgan fingerprint density at radius 3 is 1.88 bits per heavy atom. The highest BCUT2D eigenvalue weighted by atomic mass is 16.3. The van der Waals surface area contributed by atoms with Gasteiger partial charge in [-0.05, 0) is 89.9 Å². The molecule has 0 unspecified atom stereocenters. The van der Waals surface area contributed by atoms with Crippen LogP contribution in [0.1, 0.15) is 15.1 Å². The number of fused-ring (bicyclic) bond motifs is 6. The van der Waals surface area contributed by atoms with Crippen LogP contribution in [-0.2, 0) is 0 Å². The van der Waals surface area contributed by atoms with E-state index in [1.165, 1.54) is 0 Å². The van der Waals surface area contributed by atoms with Crippen molar-refractivity contribution in [2.75, 3.05) is 0 Å². The van der Waals surface area contributed by atoms with Crippen LogP contribution in [0.2, 0.25) is 0 Å². The Hall–Kier alpha value is -5.66. The molecule has 0 aliphatic heterocycles. The molecule has 9 aromatic rings. The summed E-state index contributed by atoms with van der Waals surface area (Å²) in [6.45, 7) is 0. The standard InChI is InChI=1S/C42H26O/c1-2-15-31-27(11-1)12-10-21-34(31)42-37-19-5-3-17-35(37)41(36-18-4-6-20-38(36)42)30-14-9-13-28(25-30)29-23-24-33-32-16-7-8-22-39(32)43-40(33)26-29/h1-26H/i3D,4D,5D,6D,7D,8D,16D,22D,23D,24D,26D. The predicted molar refractivity (Wildman–Crippen MR) is 183 cm³/mol. The Labute approximate surface area is 264 Å². The summed E-state index contributed by atoms with van der Waals surface area (Å²) in [6.07, 6.45) is 0. The molecule has 0 N–H and O–H groups in total. The molecule has 8 aromatic carbocycles. The van der Waals surface area contributed by atoms with Crippen molar-refractivity contribution in [3.05, 3.63) is 157 Å². The van der Waals surface area contributed by atoms with E-state index in [0.717, 1.165) is 21.9 Å². The number of para-hydroxylation sites is 1. The minimum Gasteiger partial charge on any atom is -0.456 e. The molecule has 43 heavy (non-hydrogen) atoms. The third kappa shape index (κ3) is 3.72. The van der Waals surface area contributed by atoms with Crippen molar-refractivity contribution in [1.29, 1.82) is 0 Å². The predicted octanol–water partition coefficient (Wildman–Crippen LogP) is 12.0. The largest absolute Gasteiger partial charge is 0.456 e. The van der Waals surface area contributed by atoms with E-state index in [0.29, 0.717) is 38.2 Å². The highest BCUT2D eigenvalue weighted by molar-refractivity contribution is 6.23. The van der Waals surface area contributed by atoms with Gasteiger partial charge in [-0.1, -0.05) is 133 Å². The Balaban J connectivity index is 1.37. The van der Waals surface area contributed by atoms with Crippen LogP contribution in [-0.4, -0.2) is 0 Å². The Morgan fingerprint density at radius 1 is 0.419 bits per heavy atom. The molecule has 0 fully saturated rings. The molecule has 9 rings (SSSR count). The molecule has 0 radical (unpaired) electrons. The summed E-state index contributed by atoms with van der Waals surface area (Å²) in [7, 11) is 0. The maximum absolute atomic E-state index is 9.22. The van der Waals surface area contributed by atoms with Gasteiger partial charge in [-0.15, -0.1) is 0 Å². The van der Waals surface area contributed by atoms with Gasteiger partial charge in [0.15, 0.2) is 0 Å². The maximum Gasteiger partial charge on any atom is 0.136 e. The lowest BCUT2D eigenvalue weighted by molar-refractivity contribution is 0.669. The molecule has 0 saturated carbocycles. The van der Waals surface area contributed by atoms with E-state index in [1.807, 2.05) is 48.5 Å². The molecular formula is C42H26O. The smallest absolute Gasteiger partial charge is 0.136 e. The van der Waals surface area contributed by atoms with Gasteiger partial charge in [0, 0.05) is 10.8 Å². The second-order valence-electron chi connectivity index (χ2n) is 10.4. The van der Waals surface area contributed by atoms with Gasteiger partial charge in [-0.2, -0.15) is 0 Å². The molecule has 0 aliphatic carbocycles. The molecule has 1 heteroatoms.